The van der Waals surface area contributed by atoms with Gasteiger partial charge in [-0.15, -0.1) is 0 Å². The maximum atomic E-state index is 11.0. The molecule has 0 saturated carbocycles. The Kier molecular flexibility index (Phi) is 5.48. The second-order valence-corrected chi connectivity index (χ2v) is 4.96. The molecule has 0 aliphatic heterocycles. The normalized spacial score (nSPS) is 10.6. The molecule has 1 heterocycles. The minimum absolute atomic E-state index is 0.165. The molecule has 0 bridgehead atoms. The highest BCUT2D eigenvalue weighted by atomic mass is 16.6. The van der Waals surface area contributed by atoms with Crippen LogP contribution in [-0.2, 0) is 24.9 Å². The van der Waals surface area contributed by atoms with Crippen LogP contribution in [0.3, 0.4) is 0 Å². The average molecular weight is 304 g/mol. The Morgan fingerprint density at radius 2 is 2.09 bits per heavy atom. The number of anilines is 1. The van der Waals surface area contributed by atoms with E-state index in [-0.39, 0.29) is 5.82 Å². The van der Waals surface area contributed by atoms with E-state index in [2.05, 4.69) is 17.2 Å². The van der Waals surface area contributed by atoms with E-state index in [0.29, 0.717) is 19.0 Å². The number of rotatable bonds is 8. The Hall–Kier alpha value is -2.41. The molecular formula is C15H20N4O3. The quantitative estimate of drug-likeness (QED) is 0.460. The van der Waals surface area contributed by atoms with Gasteiger partial charge in [0.15, 0.2) is 0 Å². The molecule has 1 aromatic heterocycles. The van der Waals surface area contributed by atoms with Gasteiger partial charge in [0, 0.05) is 20.2 Å². The topological polar surface area (TPSA) is 82.2 Å². The SMILES string of the molecule is CCCOCc1ccccc1CNc1c([N+](=O)[O-])ncn1C. The summed E-state index contributed by atoms with van der Waals surface area (Å²) in [6.07, 6.45) is 2.40. The van der Waals surface area contributed by atoms with Crippen LogP contribution in [0.25, 0.3) is 0 Å². The molecule has 0 aliphatic rings. The van der Waals surface area contributed by atoms with E-state index < -0.39 is 4.92 Å². The van der Waals surface area contributed by atoms with Gasteiger partial charge >= 0.3 is 5.82 Å². The van der Waals surface area contributed by atoms with E-state index in [0.717, 1.165) is 24.2 Å². The maximum Gasteiger partial charge on any atom is 0.406 e. The van der Waals surface area contributed by atoms with Crippen molar-refractivity contribution in [3.8, 4) is 0 Å². The van der Waals surface area contributed by atoms with Crippen molar-refractivity contribution in [2.75, 3.05) is 11.9 Å². The second kappa shape index (κ2) is 7.56. The average Bonchev–Trinajstić information content (AvgIpc) is 2.88. The summed E-state index contributed by atoms with van der Waals surface area (Å²) in [6.45, 7) is 3.80. The molecule has 1 aromatic carbocycles. The van der Waals surface area contributed by atoms with E-state index in [9.17, 15) is 10.1 Å². The lowest BCUT2D eigenvalue weighted by Gasteiger charge is -2.11. The summed E-state index contributed by atoms with van der Waals surface area (Å²) in [5.74, 6) is 0.233. The first-order valence-electron chi connectivity index (χ1n) is 7.17. The minimum atomic E-state index is -0.488. The summed E-state index contributed by atoms with van der Waals surface area (Å²) in [5, 5.41) is 14.1. The van der Waals surface area contributed by atoms with E-state index in [1.165, 1.54) is 6.33 Å². The first kappa shape index (κ1) is 16.0. The van der Waals surface area contributed by atoms with E-state index in [1.807, 2.05) is 24.3 Å². The number of nitrogens with one attached hydrogen (secondary N) is 1. The zero-order valence-corrected chi connectivity index (χ0v) is 12.8. The molecule has 7 heteroatoms. The molecule has 2 aromatic rings. The van der Waals surface area contributed by atoms with Crippen LogP contribution in [-0.4, -0.2) is 21.1 Å². The van der Waals surface area contributed by atoms with Crippen molar-refractivity contribution in [1.82, 2.24) is 9.55 Å². The van der Waals surface area contributed by atoms with Crippen LogP contribution < -0.4 is 5.32 Å². The fourth-order valence-corrected chi connectivity index (χ4v) is 2.13. The number of nitro groups is 1. The lowest BCUT2D eigenvalue weighted by Crippen LogP contribution is -2.08. The highest BCUT2D eigenvalue weighted by Crippen LogP contribution is 2.22. The third-order valence-corrected chi connectivity index (χ3v) is 3.26. The second-order valence-electron chi connectivity index (χ2n) is 4.96. The third-order valence-electron chi connectivity index (χ3n) is 3.26. The first-order chi connectivity index (χ1) is 10.6. The molecular weight excluding hydrogens is 284 g/mol. The van der Waals surface area contributed by atoms with Gasteiger partial charge in [-0.3, -0.25) is 4.57 Å². The smallest absolute Gasteiger partial charge is 0.377 e. The van der Waals surface area contributed by atoms with Gasteiger partial charge in [-0.25, -0.2) is 0 Å². The molecule has 0 saturated heterocycles. The van der Waals surface area contributed by atoms with Crippen molar-refractivity contribution in [1.29, 1.82) is 0 Å². The molecule has 0 radical (unpaired) electrons. The van der Waals surface area contributed by atoms with Crippen molar-refractivity contribution in [2.45, 2.75) is 26.5 Å². The summed E-state index contributed by atoms with van der Waals surface area (Å²) in [6, 6.07) is 7.89. The minimum Gasteiger partial charge on any atom is -0.377 e. The summed E-state index contributed by atoms with van der Waals surface area (Å²) in [5.41, 5.74) is 2.13. The number of imidazole rings is 1. The van der Waals surface area contributed by atoms with Crippen LogP contribution in [0.15, 0.2) is 30.6 Å². The molecule has 7 nitrogen and oxygen atoms in total. The standard InChI is InChI=1S/C15H20N4O3/c1-3-8-22-10-13-7-5-4-6-12(13)9-16-14-15(19(20)21)17-11-18(14)2/h4-7,11,16H,3,8-10H2,1-2H3. The highest BCUT2D eigenvalue weighted by Gasteiger charge is 2.19. The Morgan fingerprint density at radius 1 is 1.36 bits per heavy atom. The van der Waals surface area contributed by atoms with Crippen molar-refractivity contribution < 1.29 is 9.66 Å². The Bertz CT molecular complexity index is 639. The molecule has 0 spiro atoms. The van der Waals surface area contributed by atoms with Crippen molar-refractivity contribution in [3.63, 3.8) is 0 Å². The van der Waals surface area contributed by atoms with E-state index >= 15 is 0 Å². The third kappa shape index (κ3) is 3.82. The number of nitrogens with zero attached hydrogens (tertiary/aromatic N) is 3. The van der Waals surface area contributed by atoms with Gasteiger partial charge in [-0.2, -0.15) is 0 Å². The van der Waals surface area contributed by atoms with Gasteiger partial charge in [0.1, 0.15) is 0 Å². The fraction of sp³-hybridized carbons (Fsp3) is 0.400. The van der Waals surface area contributed by atoms with E-state index in [4.69, 9.17) is 4.74 Å². The molecule has 0 aliphatic carbocycles. The van der Waals surface area contributed by atoms with Gasteiger partial charge in [0.2, 0.25) is 12.1 Å². The van der Waals surface area contributed by atoms with Gasteiger partial charge in [0.25, 0.3) is 0 Å². The molecule has 118 valence electrons. The van der Waals surface area contributed by atoms with E-state index in [1.54, 1.807) is 11.6 Å². The lowest BCUT2D eigenvalue weighted by atomic mass is 10.1. The zero-order chi connectivity index (χ0) is 15.9. The fourth-order valence-electron chi connectivity index (χ4n) is 2.13. The van der Waals surface area contributed by atoms with Crippen LogP contribution in [0.1, 0.15) is 24.5 Å². The summed E-state index contributed by atoms with van der Waals surface area (Å²) < 4.78 is 7.18. The van der Waals surface area contributed by atoms with Crippen LogP contribution in [0, 0.1) is 10.1 Å². The van der Waals surface area contributed by atoms with Crippen molar-refractivity contribution in [2.24, 2.45) is 7.05 Å². The largest absolute Gasteiger partial charge is 0.406 e. The highest BCUT2D eigenvalue weighted by molar-refractivity contribution is 5.52. The maximum absolute atomic E-state index is 11.0. The Morgan fingerprint density at radius 3 is 2.77 bits per heavy atom. The Balaban J connectivity index is 2.09. The number of benzene rings is 1. The molecule has 22 heavy (non-hydrogen) atoms. The van der Waals surface area contributed by atoms with Gasteiger partial charge in [0.05, 0.1) is 6.61 Å². The van der Waals surface area contributed by atoms with Crippen LogP contribution in [0.2, 0.25) is 0 Å². The van der Waals surface area contributed by atoms with Crippen LogP contribution >= 0.6 is 0 Å². The summed E-state index contributed by atoms with van der Waals surface area (Å²) >= 11 is 0. The molecule has 2 rings (SSSR count). The number of aromatic nitrogens is 2. The van der Waals surface area contributed by atoms with Gasteiger partial charge in [-0.1, -0.05) is 31.2 Å². The molecule has 0 atom stereocenters. The summed E-state index contributed by atoms with van der Waals surface area (Å²) in [7, 11) is 1.72. The van der Waals surface area contributed by atoms with Crippen LogP contribution in [0.4, 0.5) is 11.6 Å². The number of hydrogen-bond acceptors (Lipinski definition) is 5. The molecule has 1 N–H and O–H groups in total. The molecule has 0 fully saturated rings. The lowest BCUT2D eigenvalue weighted by molar-refractivity contribution is -0.388. The molecule has 0 amide bonds. The van der Waals surface area contributed by atoms with Gasteiger partial charge < -0.3 is 20.2 Å². The van der Waals surface area contributed by atoms with Crippen LogP contribution in [0.5, 0.6) is 0 Å². The predicted molar refractivity (Wildman–Crippen MR) is 83.6 cm³/mol. The van der Waals surface area contributed by atoms with Crippen molar-refractivity contribution in [3.05, 3.63) is 51.8 Å². The van der Waals surface area contributed by atoms with Crippen molar-refractivity contribution >= 4 is 11.6 Å². The monoisotopic (exact) mass is 304 g/mol. The first-order valence-corrected chi connectivity index (χ1v) is 7.17. The number of ether oxygens (including phenoxy) is 1. The Labute approximate surface area is 129 Å². The number of hydrogen-bond donors (Lipinski definition) is 1. The number of aryl methyl sites for hydroxylation is 1. The zero-order valence-electron chi connectivity index (χ0n) is 12.8. The predicted octanol–water partition coefficient (Wildman–Crippen LogP) is 2.87. The molecule has 0 unspecified atom stereocenters. The van der Waals surface area contributed by atoms with Gasteiger partial charge in [-0.05, 0) is 27.5 Å². The summed E-state index contributed by atoms with van der Waals surface area (Å²) in [4.78, 5) is 14.3.